The highest BCUT2D eigenvalue weighted by molar-refractivity contribution is 7.13. The van der Waals surface area contributed by atoms with E-state index in [4.69, 9.17) is 15.5 Å². The van der Waals surface area contributed by atoms with E-state index in [9.17, 15) is 4.79 Å². The van der Waals surface area contributed by atoms with Gasteiger partial charge in [-0.2, -0.15) is 0 Å². The second kappa shape index (κ2) is 13.3. The van der Waals surface area contributed by atoms with Gasteiger partial charge in [-0.25, -0.2) is 14.5 Å². The minimum atomic E-state index is -0.0441. The Hall–Kier alpha value is -3.96. The number of nitrogens with one attached hydrogen (secondary N) is 2. The molecular formula is C31H38N8O2S. The van der Waals surface area contributed by atoms with Gasteiger partial charge in [0.25, 0.3) is 0 Å². The van der Waals surface area contributed by atoms with Crippen LogP contribution in [0.3, 0.4) is 0 Å². The van der Waals surface area contributed by atoms with E-state index in [1.54, 1.807) is 20.9 Å². The number of carbonyl (C=O) groups excluding carboxylic acids is 1. The third-order valence-corrected chi connectivity index (χ3v) is 8.77. The number of benzene rings is 2. The first-order chi connectivity index (χ1) is 20.7. The molecule has 0 bridgehead atoms. The lowest BCUT2D eigenvalue weighted by Gasteiger charge is -2.20. The zero-order valence-corrected chi connectivity index (χ0v) is 24.7. The Kier molecular flexibility index (Phi) is 8.95. The summed E-state index contributed by atoms with van der Waals surface area (Å²) in [5, 5.41) is 18.1. The number of rotatable bonds is 13. The molecular weight excluding hydrogens is 548 g/mol. The number of nitrogens with two attached hydrogens (primary N) is 1. The fourth-order valence-corrected chi connectivity index (χ4v) is 6.44. The van der Waals surface area contributed by atoms with Crippen LogP contribution in [0.15, 0.2) is 48.0 Å². The Morgan fingerprint density at radius 2 is 2.00 bits per heavy atom. The summed E-state index contributed by atoms with van der Waals surface area (Å²) in [7, 11) is 0. The van der Waals surface area contributed by atoms with Crippen LogP contribution in [0.2, 0.25) is 0 Å². The van der Waals surface area contributed by atoms with Crippen molar-refractivity contribution in [2.45, 2.75) is 44.9 Å². The van der Waals surface area contributed by atoms with Gasteiger partial charge in [-0.15, -0.1) is 16.4 Å². The van der Waals surface area contributed by atoms with Gasteiger partial charge >= 0.3 is 6.03 Å². The van der Waals surface area contributed by atoms with Crippen LogP contribution >= 0.6 is 11.3 Å². The fourth-order valence-electron chi connectivity index (χ4n) is 5.56. The molecule has 0 aliphatic carbocycles. The van der Waals surface area contributed by atoms with Gasteiger partial charge in [-0.1, -0.05) is 17.3 Å². The van der Waals surface area contributed by atoms with Crippen molar-refractivity contribution in [2.75, 3.05) is 44.6 Å². The molecule has 0 unspecified atom stereocenters. The molecule has 220 valence electrons. The summed E-state index contributed by atoms with van der Waals surface area (Å²) in [6.07, 6.45) is 8.93. The molecule has 0 saturated carbocycles. The van der Waals surface area contributed by atoms with E-state index in [1.807, 2.05) is 24.4 Å². The molecule has 1 fully saturated rings. The molecule has 2 amide bonds. The molecule has 0 spiro atoms. The maximum Gasteiger partial charge on any atom is 0.317 e. The number of hydrogen-bond donors (Lipinski definition) is 3. The van der Waals surface area contributed by atoms with Gasteiger partial charge in [-0.05, 0) is 80.8 Å². The third kappa shape index (κ3) is 6.57. The molecule has 6 rings (SSSR count). The van der Waals surface area contributed by atoms with Crippen molar-refractivity contribution in [1.82, 2.24) is 30.2 Å². The van der Waals surface area contributed by atoms with Crippen molar-refractivity contribution in [3.05, 3.63) is 70.5 Å². The van der Waals surface area contributed by atoms with Crippen molar-refractivity contribution in [2.24, 2.45) is 5.73 Å². The Labute approximate surface area is 250 Å². The molecule has 1 saturated heterocycles. The summed E-state index contributed by atoms with van der Waals surface area (Å²) < 4.78 is 8.10. The van der Waals surface area contributed by atoms with Gasteiger partial charge in [0.2, 0.25) is 0 Å². The van der Waals surface area contributed by atoms with Crippen molar-refractivity contribution in [1.29, 1.82) is 0 Å². The van der Waals surface area contributed by atoms with E-state index in [0.29, 0.717) is 32.8 Å². The highest BCUT2D eigenvalue weighted by atomic mass is 32.1. The van der Waals surface area contributed by atoms with Crippen molar-refractivity contribution in [3.8, 4) is 22.0 Å². The molecule has 0 atom stereocenters. The zero-order valence-electron chi connectivity index (χ0n) is 23.8. The zero-order chi connectivity index (χ0) is 28.7. The standard InChI is InChI=1S/C31H38N8O2S/c32-13-2-1-6-23-20-39(37-36-23)25-11-12-27(29(19-25)41-18-17-38-16-15-34-31(38)40)30-35-24(21-42-30)10-9-22-5-3-8-28-26(22)7-4-14-33-28/h3,5,8,11-12,19-21,33H,1-2,4,6-7,9-10,13-18,32H2,(H,34,40). The Morgan fingerprint density at radius 1 is 1.05 bits per heavy atom. The number of anilines is 1. The predicted octanol–water partition coefficient (Wildman–Crippen LogP) is 4.22. The third-order valence-electron chi connectivity index (χ3n) is 7.85. The number of fused-ring (bicyclic) bond motifs is 1. The Bertz CT molecular complexity index is 1520. The monoisotopic (exact) mass is 586 g/mol. The average Bonchev–Trinajstić information content (AvgIpc) is 3.78. The Morgan fingerprint density at radius 3 is 2.88 bits per heavy atom. The summed E-state index contributed by atoms with van der Waals surface area (Å²) in [5.74, 6) is 0.719. The highest BCUT2D eigenvalue weighted by Gasteiger charge is 2.20. The van der Waals surface area contributed by atoms with Crippen LogP contribution in [0.1, 0.15) is 41.8 Å². The second-order valence-corrected chi connectivity index (χ2v) is 11.6. The van der Waals surface area contributed by atoms with Crippen molar-refractivity contribution < 1.29 is 9.53 Å². The van der Waals surface area contributed by atoms with Gasteiger partial charge in [-0.3, -0.25) is 0 Å². The summed E-state index contributed by atoms with van der Waals surface area (Å²) in [5.41, 5.74) is 13.6. The topological polar surface area (TPSA) is 123 Å². The van der Waals surface area contributed by atoms with Crippen molar-refractivity contribution >= 4 is 23.1 Å². The number of carbonyl (C=O) groups is 1. The molecule has 4 aromatic rings. The van der Waals surface area contributed by atoms with Gasteiger partial charge in [0.15, 0.2) is 0 Å². The number of nitrogens with zero attached hydrogens (tertiary/aromatic N) is 5. The number of urea groups is 1. The van der Waals surface area contributed by atoms with Crippen LogP contribution in [0.5, 0.6) is 5.75 Å². The first kappa shape index (κ1) is 28.2. The lowest BCUT2D eigenvalue weighted by Crippen LogP contribution is -2.31. The lowest BCUT2D eigenvalue weighted by atomic mass is 9.94. The van der Waals surface area contributed by atoms with Crippen LogP contribution in [0.25, 0.3) is 16.3 Å². The second-order valence-electron chi connectivity index (χ2n) is 10.8. The molecule has 4 heterocycles. The van der Waals surface area contributed by atoms with Crippen molar-refractivity contribution in [3.63, 3.8) is 0 Å². The van der Waals surface area contributed by atoms with Gasteiger partial charge in [0.1, 0.15) is 17.4 Å². The van der Waals surface area contributed by atoms with E-state index < -0.39 is 0 Å². The normalized spacial score (nSPS) is 14.5. The summed E-state index contributed by atoms with van der Waals surface area (Å²) in [6.45, 7) is 3.99. The minimum absolute atomic E-state index is 0.0441. The lowest BCUT2D eigenvalue weighted by molar-refractivity contribution is 0.203. The predicted molar refractivity (Wildman–Crippen MR) is 166 cm³/mol. The van der Waals surface area contributed by atoms with E-state index in [2.05, 4.69) is 44.5 Å². The number of ether oxygens (including phenoxy) is 1. The maximum atomic E-state index is 12.0. The minimum Gasteiger partial charge on any atom is -0.491 e. The highest BCUT2D eigenvalue weighted by Crippen LogP contribution is 2.35. The van der Waals surface area contributed by atoms with Gasteiger partial charge < -0.3 is 26.0 Å². The summed E-state index contributed by atoms with van der Waals surface area (Å²) in [6, 6.07) is 12.6. The molecule has 0 radical (unpaired) electrons. The number of unbranched alkanes of at least 4 members (excludes halogenated alkanes) is 1. The van der Waals surface area contributed by atoms with E-state index in [1.165, 1.54) is 23.2 Å². The molecule has 10 nitrogen and oxygen atoms in total. The van der Waals surface area contributed by atoms with Crippen LogP contribution in [0, 0.1) is 0 Å². The fraction of sp³-hybridized carbons (Fsp3) is 0.419. The first-order valence-electron chi connectivity index (χ1n) is 14.9. The molecule has 42 heavy (non-hydrogen) atoms. The molecule has 4 N–H and O–H groups in total. The van der Waals surface area contributed by atoms with Crippen LogP contribution in [-0.4, -0.2) is 70.2 Å². The average molecular weight is 587 g/mol. The molecule has 2 aromatic carbocycles. The number of aromatic nitrogens is 4. The number of amides is 2. The quantitative estimate of drug-likeness (QED) is 0.201. The summed E-state index contributed by atoms with van der Waals surface area (Å²) >= 11 is 1.63. The van der Waals surface area contributed by atoms with Crippen LogP contribution in [0.4, 0.5) is 10.5 Å². The molecule has 11 heteroatoms. The molecule has 2 aliphatic rings. The first-order valence-corrected chi connectivity index (χ1v) is 15.8. The van der Waals surface area contributed by atoms with E-state index in [-0.39, 0.29) is 6.03 Å². The van der Waals surface area contributed by atoms with Crippen LogP contribution in [-0.2, 0) is 25.7 Å². The number of aryl methyl sites for hydroxylation is 3. The summed E-state index contributed by atoms with van der Waals surface area (Å²) in [4.78, 5) is 18.8. The maximum absolute atomic E-state index is 12.0. The Balaban J connectivity index is 1.19. The van der Waals surface area contributed by atoms with Gasteiger partial charge in [0, 0.05) is 36.8 Å². The number of thiazole rings is 1. The van der Waals surface area contributed by atoms with Gasteiger partial charge in [0.05, 0.1) is 35.4 Å². The van der Waals surface area contributed by atoms with Crippen LogP contribution < -0.4 is 21.1 Å². The molecule has 2 aromatic heterocycles. The smallest absolute Gasteiger partial charge is 0.317 e. The molecule has 2 aliphatic heterocycles. The van der Waals surface area contributed by atoms with E-state index in [0.717, 1.165) is 78.5 Å². The number of hydrogen-bond acceptors (Lipinski definition) is 8. The largest absolute Gasteiger partial charge is 0.491 e. The SMILES string of the molecule is NCCCCc1cn(-c2ccc(-c3nc(CCc4cccc5c4CCCN5)cs3)c(OCCN3CCNC3=O)c2)nn1. The van der Waals surface area contributed by atoms with E-state index >= 15 is 0 Å².